The number of aromatic hydroxyl groups is 1. The second-order valence-electron chi connectivity index (χ2n) is 7.94. The van der Waals surface area contributed by atoms with Gasteiger partial charge in [-0.3, -0.25) is 9.59 Å². The molecular weight excluding hydrogens is 430 g/mol. The number of phenolic OH excluding ortho intramolecular Hbond substituents is 1. The van der Waals surface area contributed by atoms with Crippen molar-refractivity contribution in [1.82, 2.24) is 0 Å². The highest BCUT2D eigenvalue weighted by Gasteiger charge is 2.38. The van der Waals surface area contributed by atoms with Crippen LogP contribution < -0.4 is 15.2 Å². The number of anilines is 1. The number of nitrogen functional groups attached to an aromatic ring is 1. The smallest absolute Gasteiger partial charge is 0.202 e. The summed E-state index contributed by atoms with van der Waals surface area (Å²) >= 11 is 0. The lowest BCUT2D eigenvalue weighted by atomic mass is 9.81. The first-order valence-electron chi connectivity index (χ1n) is 10.8. The summed E-state index contributed by atoms with van der Waals surface area (Å²) in [5, 5.41) is 10.4. The van der Waals surface area contributed by atoms with Gasteiger partial charge in [0.15, 0.2) is 0 Å². The number of carbonyl (C=O) groups excluding carboxylic acids is 2. The summed E-state index contributed by atoms with van der Waals surface area (Å²) in [6, 6.07) is 24.9. The Morgan fingerprint density at radius 3 is 1.56 bits per heavy atom. The van der Waals surface area contributed by atoms with E-state index in [0.29, 0.717) is 0 Å². The maximum Gasteiger partial charge on any atom is 0.202 e. The van der Waals surface area contributed by atoms with E-state index in [1.54, 1.807) is 12.1 Å². The van der Waals surface area contributed by atoms with Crippen LogP contribution in [0.25, 0.3) is 0 Å². The van der Waals surface area contributed by atoms with Gasteiger partial charge in [-0.05, 0) is 35.4 Å². The molecule has 0 bridgehead atoms. The lowest BCUT2D eigenvalue weighted by molar-refractivity contribution is 0.0969. The molecule has 0 heterocycles. The molecule has 5 rings (SSSR count). The van der Waals surface area contributed by atoms with Crippen molar-refractivity contribution in [2.24, 2.45) is 0 Å². The van der Waals surface area contributed by atoms with E-state index in [9.17, 15) is 14.7 Å². The van der Waals surface area contributed by atoms with E-state index in [1.165, 1.54) is 12.1 Å². The van der Waals surface area contributed by atoms with Gasteiger partial charge in [0.1, 0.15) is 30.5 Å². The minimum Gasteiger partial charge on any atom is -0.507 e. The van der Waals surface area contributed by atoms with Crippen molar-refractivity contribution in [2.45, 2.75) is 13.2 Å². The Morgan fingerprint density at radius 1 is 0.588 bits per heavy atom. The lowest BCUT2D eigenvalue weighted by Gasteiger charge is -2.24. The molecule has 0 spiro atoms. The average Bonchev–Trinajstić information content (AvgIpc) is 2.87. The standard InChI is InChI=1S/C28H21NO5/c29-19-11-12-20(30)24-23(19)27(31)25-21(33-15-17-7-3-1-4-8-17)13-14-22(26(25)28(24)32)34-16-18-9-5-2-6-10-18/h1-14,30H,15-16,29H2. The van der Waals surface area contributed by atoms with Crippen molar-refractivity contribution in [3.63, 3.8) is 0 Å². The summed E-state index contributed by atoms with van der Waals surface area (Å²) in [5.41, 5.74) is 7.97. The number of carbonyl (C=O) groups is 2. The van der Waals surface area contributed by atoms with Crippen LogP contribution in [0.1, 0.15) is 43.0 Å². The molecule has 0 atom stereocenters. The monoisotopic (exact) mass is 451 g/mol. The van der Waals surface area contributed by atoms with Crippen LogP contribution in [0.5, 0.6) is 17.2 Å². The molecule has 0 aliphatic heterocycles. The fraction of sp³-hybridized carbons (Fsp3) is 0.0714. The van der Waals surface area contributed by atoms with Gasteiger partial charge in [0, 0.05) is 5.69 Å². The minimum absolute atomic E-state index is 0.0257. The SMILES string of the molecule is Nc1ccc(O)c2c1C(=O)c1c(OCc3ccccc3)ccc(OCc3ccccc3)c1C2=O. The van der Waals surface area contributed by atoms with Crippen molar-refractivity contribution >= 4 is 17.3 Å². The summed E-state index contributed by atoms with van der Waals surface area (Å²) in [6.07, 6.45) is 0. The largest absolute Gasteiger partial charge is 0.507 e. The number of nitrogens with two attached hydrogens (primary N) is 1. The lowest BCUT2D eigenvalue weighted by Crippen LogP contribution is -2.24. The molecule has 0 radical (unpaired) electrons. The highest BCUT2D eigenvalue weighted by atomic mass is 16.5. The quantitative estimate of drug-likeness (QED) is 0.281. The number of fused-ring (bicyclic) bond motifs is 2. The van der Waals surface area contributed by atoms with Gasteiger partial charge < -0.3 is 20.3 Å². The van der Waals surface area contributed by atoms with Crippen molar-refractivity contribution in [2.75, 3.05) is 5.73 Å². The van der Waals surface area contributed by atoms with Crippen LogP contribution in [0.15, 0.2) is 84.9 Å². The Bertz CT molecular complexity index is 1290. The van der Waals surface area contributed by atoms with Crippen molar-refractivity contribution in [1.29, 1.82) is 0 Å². The maximum absolute atomic E-state index is 13.6. The van der Waals surface area contributed by atoms with Crippen molar-refractivity contribution in [3.8, 4) is 17.2 Å². The molecule has 3 N–H and O–H groups in total. The number of benzene rings is 4. The molecule has 1 aliphatic carbocycles. The number of ether oxygens (including phenoxy) is 2. The molecule has 0 saturated carbocycles. The average molecular weight is 451 g/mol. The third-order valence-electron chi connectivity index (χ3n) is 5.73. The van der Waals surface area contributed by atoms with Gasteiger partial charge in [-0.25, -0.2) is 0 Å². The van der Waals surface area contributed by atoms with E-state index >= 15 is 0 Å². The molecule has 0 fully saturated rings. The summed E-state index contributed by atoms with van der Waals surface area (Å²) in [5.74, 6) is -0.860. The first kappa shape index (κ1) is 21.3. The van der Waals surface area contributed by atoms with Gasteiger partial charge in [-0.1, -0.05) is 60.7 Å². The molecule has 0 aromatic heterocycles. The summed E-state index contributed by atoms with van der Waals surface area (Å²) in [4.78, 5) is 27.2. The van der Waals surface area contributed by atoms with Crippen LogP contribution >= 0.6 is 0 Å². The van der Waals surface area contributed by atoms with E-state index in [0.717, 1.165) is 11.1 Å². The van der Waals surface area contributed by atoms with Crippen LogP contribution in [-0.4, -0.2) is 16.7 Å². The zero-order chi connectivity index (χ0) is 23.7. The highest BCUT2D eigenvalue weighted by Crippen LogP contribution is 2.43. The van der Waals surface area contributed by atoms with Crippen LogP contribution in [0.3, 0.4) is 0 Å². The first-order valence-corrected chi connectivity index (χ1v) is 10.8. The normalized spacial score (nSPS) is 12.1. The Kier molecular flexibility index (Phi) is 5.47. The minimum atomic E-state index is -0.539. The van der Waals surface area contributed by atoms with Crippen molar-refractivity contribution in [3.05, 3.63) is 118 Å². The molecule has 4 aromatic carbocycles. The van der Waals surface area contributed by atoms with Gasteiger partial charge in [-0.2, -0.15) is 0 Å². The molecule has 168 valence electrons. The fourth-order valence-corrected chi connectivity index (χ4v) is 4.06. The highest BCUT2D eigenvalue weighted by molar-refractivity contribution is 6.32. The number of hydrogen-bond acceptors (Lipinski definition) is 6. The van der Waals surface area contributed by atoms with Gasteiger partial charge in [0.05, 0.1) is 22.3 Å². The summed E-state index contributed by atoms with van der Waals surface area (Å²) in [6.45, 7) is 0.413. The fourth-order valence-electron chi connectivity index (χ4n) is 4.06. The van der Waals surface area contributed by atoms with Crippen LogP contribution in [0, 0.1) is 0 Å². The predicted octanol–water partition coefficient (Wildman–Crippen LogP) is 4.91. The Balaban J connectivity index is 1.60. The van der Waals surface area contributed by atoms with Crippen LogP contribution in [-0.2, 0) is 13.2 Å². The number of phenols is 1. The number of hydrogen-bond donors (Lipinski definition) is 2. The van der Waals surface area contributed by atoms with Gasteiger partial charge in [0.25, 0.3) is 0 Å². The topological polar surface area (TPSA) is 98.8 Å². The second kappa shape index (κ2) is 8.75. The van der Waals surface area contributed by atoms with Gasteiger partial charge in [-0.15, -0.1) is 0 Å². The van der Waals surface area contributed by atoms with E-state index in [1.807, 2.05) is 60.7 Å². The molecule has 4 aromatic rings. The van der Waals surface area contributed by atoms with Gasteiger partial charge in [0.2, 0.25) is 11.6 Å². The van der Waals surface area contributed by atoms with E-state index in [-0.39, 0.29) is 58.4 Å². The zero-order valence-electron chi connectivity index (χ0n) is 18.2. The Morgan fingerprint density at radius 2 is 1.06 bits per heavy atom. The van der Waals surface area contributed by atoms with Crippen LogP contribution in [0.4, 0.5) is 5.69 Å². The third kappa shape index (κ3) is 3.75. The zero-order valence-corrected chi connectivity index (χ0v) is 18.2. The van der Waals surface area contributed by atoms with Crippen molar-refractivity contribution < 1.29 is 24.2 Å². The second-order valence-corrected chi connectivity index (χ2v) is 7.94. The number of ketones is 2. The summed E-state index contributed by atoms with van der Waals surface area (Å²) in [7, 11) is 0. The Labute approximate surface area is 196 Å². The molecule has 1 aliphatic rings. The van der Waals surface area contributed by atoms with E-state index < -0.39 is 11.6 Å². The van der Waals surface area contributed by atoms with Crippen LogP contribution in [0.2, 0.25) is 0 Å². The maximum atomic E-state index is 13.6. The first-order chi connectivity index (χ1) is 16.5. The summed E-state index contributed by atoms with van der Waals surface area (Å²) < 4.78 is 12.0. The molecule has 6 nitrogen and oxygen atoms in total. The van der Waals surface area contributed by atoms with E-state index in [2.05, 4.69) is 0 Å². The molecule has 34 heavy (non-hydrogen) atoms. The molecule has 0 saturated heterocycles. The van der Waals surface area contributed by atoms with Gasteiger partial charge >= 0.3 is 0 Å². The Hall–Kier alpha value is -4.58. The molecule has 0 amide bonds. The third-order valence-corrected chi connectivity index (χ3v) is 5.73. The predicted molar refractivity (Wildman–Crippen MR) is 127 cm³/mol. The molecular formula is C28H21NO5. The molecule has 0 unspecified atom stereocenters. The molecule has 6 heteroatoms. The number of rotatable bonds is 6. The van der Waals surface area contributed by atoms with E-state index in [4.69, 9.17) is 15.2 Å².